The van der Waals surface area contributed by atoms with E-state index in [1.54, 1.807) is 12.1 Å². The third kappa shape index (κ3) is 4.28. The van der Waals surface area contributed by atoms with Gasteiger partial charge in [-0.3, -0.25) is 9.69 Å². The highest BCUT2D eigenvalue weighted by Gasteiger charge is 2.26. The Bertz CT molecular complexity index is 436. The number of hydrogen-bond acceptors (Lipinski definition) is 3. The van der Waals surface area contributed by atoms with Gasteiger partial charge in [0.2, 0.25) is 5.91 Å². The second kappa shape index (κ2) is 7.36. The molecular formula is C15H21FN2O2. The van der Waals surface area contributed by atoms with Crippen LogP contribution in [0, 0.1) is 5.82 Å². The molecule has 1 aliphatic heterocycles. The van der Waals surface area contributed by atoms with E-state index < -0.39 is 0 Å². The molecule has 110 valence electrons. The number of carbonyl (C=O) groups excluding carboxylic acids is 1. The molecule has 1 saturated heterocycles. The van der Waals surface area contributed by atoms with E-state index in [0.717, 1.165) is 19.4 Å². The van der Waals surface area contributed by atoms with Gasteiger partial charge < -0.3 is 10.1 Å². The molecule has 1 amide bonds. The molecule has 0 spiro atoms. The number of likely N-dealkylation sites (tertiary alicyclic amines) is 1. The zero-order valence-corrected chi connectivity index (χ0v) is 11.8. The van der Waals surface area contributed by atoms with E-state index in [4.69, 9.17) is 4.74 Å². The number of ether oxygens (including phenoxy) is 1. The number of nitrogens with zero attached hydrogens (tertiary/aromatic N) is 1. The summed E-state index contributed by atoms with van der Waals surface area (Å²) in [7, 11) is 0. The predicted molar refractivity (Wildman–Crippen MR) is 76.1 cm³/mol. The van der Waals surface area contributed by atoms with Crippen molar-refractivity contribution in [1.29, 1.82) is 0 Å². The summed E-state index contributed by atoms with van der Waals surface area (Å²) in [6.45, 7) is 4.64. The Labute approximate surface area is 118 Å². The summed E-state index contributed by atoms with van der Waals surface area (Å²) in [6.07, 6.45) is 2.17. The summed E-state index contributed by atoms with van der Waals surface area (Å²) >= 11 is 0. The van der Waals surface area contributed by atoms with Gasteiger partial charge in [-0.05, 0) is 50.6 Å². The SMILES string of the molecule is CCOC[C@H]1CCCN1CC(=O)Nc1ccc(F)cc1. The van der Waals surface area contributed by atoms with E-state index in [1.807, 2.05) is 6.92 Å². The van der Waals surface area contributed by atoms with Crippen molar-refractivity contribution in [2.45, 2.75) is 25.8 Å². The van der Waals surface area contributed by atoms with Crippen LogP contribution in [0.3, 0.4) is 0 Å². The fourth-order valence-corrected chi connectivity index (χ4v) is 2.46. The quantitative estimate of drug-likeness (QED) is 0.869. The molecule has 1 fully saturated rings. The largest absolute Gasteiger partial charge is 0.380 e. The Morgan fingerprint density at radius 3 is 2.90 bits per heavy atom. The molecule has 1 aliphatic rings. The maximum atomic E-state index is 12.8. The van der Waals surface area contributed by atoms with Crippen LogP contribution in [0.25, 0.3) is 0 Å². The van der Waals surface area contributed by atoms with Gasteiger partial charge in [0.05, 0.1) is 13.2 Å². The minimum Gasteiger partial charge on any atom is -0.380 e. The van der Waals surface area contributed by atoms with Gasteiger partial charge in [-0.2, -0.15) is 0 Å². The molecule has 1 heterocycles. The highest BCUT2D eigenvalue weighted by atomic mass is 19.1. The first kappa shape index (κ1) is 14.9. The molecule has 4 nitrogen and oxygen atoms in total. The Morgan fingerprint density at radius 1 is 1.45 bits per heavy atom. The van der Waals surface area contributed by atoms with Crippen molar-refractivity contribution in [3.05, 3.63) is 30.1 Å². The summed E-state index contributed by atoms with van der Waals surface area (Å²) in [4.78, 5) is 14.1. The van der Waals surface area contributed by atoms with Crippen molar-refractivity contribution in [2.24, 2.45) is 0 Å². The lowest BCUT2D eigenvalue weighted by atomic mass is 10.2. The van der Waals surface area contributed by atoms with Crippen molar-refractivity contribution in [1.82, 2.24) is 4.90 Å². The van der Waals surface area contributed by atoms with Crippen molar-refractivity contribution < 1.29 is 13.9 Å². The van der Waals surface area contributed by atoms with Gasteiger partial charge in [-0.15, -0.1) is 0 Å². The number of carbonyl (C=O) groups is 1. The fraction of sp³-hybridized carbons (Fsp3) is 0.533. The van der Waals surface area contributed by atoms with Crippen LogP contribution in [-0.4, -0.2) is 43.2 Å². The molecule has 20 heavy (non-hydrogen) atoms. The Balaban J connectivity index is 1.82. The van der Waals surface area contributed by atoms with Gasteiger partial charge in [0, 0.05) is 18.3 Å². The normalized spacial score (nSPS) is 19.2. The number of rotatable bonds is 6. The summed E-state index contributed by atoms with van der Waals surface area (Å²) in [6, 6.07) is 6.13. The van der Waals surface area contributed by atoms with Crippen LogP contribution in [0.2, 0.25) is 0 Å². The Morgan fingerprint density at radius 2 is 2.20 bits per heavy atom. The highest BCUT2D eigenvalue weighted by molar-refractivity contribution is 5.92. The Kier molecular flexibility index (Phi) is 5.49. The minimum absolute atomic E-state index is 0.0694. The van der Waals surface area contributed by atoms with Gasteiger partial charge in [-0.25, -0.2) is 4.39 Å². The lowest BCUT2D eigenvalue weighted by molar-refractivity contribution is -0.117. The maximum absolute atomic E-state index is 12.8. The van der Waals surface area contributed by atoms with Crippen molar-refractivity contribution in [3.8, 4) is 0 Å². The Hall–Kier alpha value is -1.46. The molecule has 1 aromatic carbocycles. The average Bonchev–Trinajstić information content (AvgIpc) is 2.86. The zero-order chi connectivity index (χ0) is 14.4. The topological polar surface area (TPSA) is 41.6 Å². The maximum Gasteiger partial charge on any atom is 0.238 e. The van der Waals surface area contributed by atoms with Gasteiger partial charge in [0.25, 0.3) is 0 Å². The van der Waals surface area contributed by atoms with E-state index in [1.165, 1.54) is 12.1 Å². The van der Waals surface area contributed by atoms with Crippen LogP contribution >= 0.6 is 0 Å². The minimum atomic E-state index is -0.306. The average molecular weight is 280 g/mol. The molecule has 0 bridgehead atoms. The summed E-state index contributed by atoms with van der Waals surface area (Å²) in [5.74, 6) is -0.376. The number of halogens is 1. The molecule has 0 radical (unpaired) electrons. The monoisotopic (exact) mass is 280 g/mol. The summed E-state index contributed by atoms with van der Waals surface area (Å²) in [5.41, 5.74) is 0.622. The highest BCUT2D eigenvalue weighted by Crippen LogP contribution is 2.17. The first-order valence-corrected chi connectivity index (χ1v) is 7.06. The number of anilines is 1. The van der Waals surface area contributed by atoms with Crippen LogP contribution in [0.15, 0.2) is 24.3 Å². The number of hydrogen-bond donors (Lipinski definition) is 1. The molecule has 1 N–H and O–H groups in total. The van der Waals surface area contributed by atoms with Gasteiger partial charge in [0.15, 0.2) is 0 Å². The summed E-state index contributed by atoms with van der Waals surface area (Å²) in [5, 5.41) is 2.78. The van der Waals surface area contributed by atoms with E-state index >= 15 is 0 Å². The third-order valence-electron chi connectivity index (χ3n) is 3.49. The van der Waals surface area contributed by atoms with Crippen molar-refractivity contribution in [3.63, 3.8) is 0 Å². The lowest BCUT2D eigenvalue weighted by Gasteiger charge is -2.23. The molecule has 0 unspecified atom stereocenters. The molecule has 0 saturated carbocycles. The van der Waals surface area contributed by atoms with Crippen molar-refractivity contribution >= 4 is 11.6 Å². The molecule has 1 aromatic rings. The van der Waals surface area contributed by atoms with E-state index in [9.17, 15) is 9.18 Å². The van der Waals surface area contributed by atoms with Gasteiger partial charge in [0.1, 0.15) is 5.82 Å². The number of benzene rings is 1. The second-order valence-electron chi connectivity index (χ2n) is 4.98. The van der Waals surface area contributed by atoms with Gasteiger partial charge >= 0.3 is 0 Å². The van der Waals surface area contributed by atoms with Crippen LogP contribution in [0.4, 0.5) is 10.1 Å². The first-order chi connectivity index (χ1) is 9.69. The smallest absolute Gasteiger partial charge is 0.238 e. The fourth-order valence-electron chi connectivity index (χ4n) is 2.46. The molecule has 2 rings (SSSR count). The molecule has 0 aliphatic carbocycles. The summed E-state index contributed by atoms with van der Waals surface area (Å²) < 4.78 is 18.2. The first-order valence-electron chi connectivity index (χ1n) is 7.06. The van der Waals surface area contributed by atoms with Crippen LogP contribution in [-0.2, 0) is 9.53 Å². The van der Waals surface area contributed by atoms with Crippen LogP contribution in [0.5, 0.6) is 0 Å². The van der Waals surface area contributed by atoms with Crippen LogP contribution < -0.4 is 5.32 Å². The molecule has 1 atom stereocenters. The van der Waals surface area contributed by atoms with E-state index in [-0.39, 0.29) is 11.7 Å². The van der Waals surface area contributed by atoms with E-state index in [0.29, 0.717) is 31.5 Å². The second-order valence-corrected chi connectivity index (χ2v) is 4.98. The van der Waals surface area contributed by atoms with Crippen molar-refractivity contribution in [2.75, 3.05) is 31.6 Å². The predicted octanol–water partition coefficient (Wildman–Crippen LogP) is 2.27. The molecular weight excluding hydrogens is 259 g/mol. The van der Waals surface area contributed by atoms with Crippen LogP contribution in [0.1, 0.15) is 19.8 Å². The number of amides is 1. The molecule has 5 heteroatoms. The third-order valence-corrected chi connectivity index (χ3v) is 3.49. The lowest BCUT2D eigenvalue weighted by Crippen LogP contribution is -2.39. The van der Waals surface area contributed by atoms with Gasteiger partial charge in [-0.1, -0.05) is 0 Å². The standard InChI is InChI=1S/C15H21FN2O2/c1-2-20-11-14-4-3-9-18(14)10-15(19)17-13-7-5-12(16)6-8-13/h5-8,14H,2-4,9-11H2,1H3,(H,17,19)/t14-/m1/s1. The van der Waals surface area contributed by atoms with E-state index in [2.05, 4.69) is 10.2 Å². The molecule has 0 aromatic heterocycles. The zero-order valence-electron chi connectivity index (χ0n) is 11.8. The number of nitrogens with one attached hydrogen (secondary N) is 1.